The molecule has 2 unspecified atom stereocenters. The third-order valence-corrected chi connectivity index (χ3v) is 6.03. The lowest BCUT2D eigenvalue weighted by atomic mass is 9.81. The van der Waals surface area contributed by atoms with Crippen LogP contribution in [0, 0.1) is 6.92 Å². The maximum absolute atomic E-state index is 3.76. The van der Waals surface area contributed by atoms with Gasteiger partial charge in [0.15, 0.2) is 0 Å². The molecule has 1 aromatic rings. The summed E-state index contributed by atoms with van der Waals surface area (Å²) in [5, 5.41) is 3.76. The van der Waals surface area contributed by atoms with Crippen LogP contribution in [-0.2, 0) is 0 Å². The molecular weight excluding hydrogens is 324 g/mol. The number of anilines is 1. The summed E-state index contributed by atoms with van der Waals surface area (Å²) >= 11 is 3.70. The lowest BCUT2D eigenvalue weighted by Crippen LogP contribution is -2.56. The van der Waals surface area contributed by atoms with Crippen molar-refractivity contribution in [3.63, 3.8) is 0 Å². The Morgan fingerprint density at radius 2 is 1.95 bits per heavy atom. The minimum Gasteiger partial charge on any atom is -0.365 e. The van der Waals surface area contributed by atoms with Crippen LogP contribution >= 0.6 is 15.9 Å². The van der Waals surface area contributed by atoms with E-state index in [0.29, 0.717) is 0 Å². The van der Waals surface area contributed by atoms with Crippen LogP contribution in [0.25, 0.3) is 0 Å². The molecule has 0 aromatic heterocycles. The Balaban J connectivity index is 1.82. The van der Waals surface area contributed by atoms with E-state index >= 15 is 0 Å². The van der Waals surface area contributed by atoms with Crippen molar-refractivity contribution in [2.24, 2.45) is 0 Å². The van der Waals surface area contributed by atoms with E-state index in [1.807, 2.05) is 0 Å². The highest BCUT2D eigenvalue weighted by atomic mass is 79.9. The molecule has 2 bridgehead atoms. The van der Waals surface area contributed by atoms with Crippen LogP contribution in [0.2, 0.25) is 0 Å². The highest BCUT2D eigenvalue weighted by Gasteiger charge is 2.38. The standard InChI is InChI=1S/C18H27BrN2/c1-3-10-20-14-11-15-6-4-7-16(12-14)21(15)18-9-5-8-17(19)13(18)2/h5,8-9,14-16,20H,3-4,6-7,10-12H2,1-2H3. The highest BCUT2D eigenvalue weighted by molar-refractivity contribution is 9.10. The fourth-order valence-electron chi connectivity index (χ4n) is 4.17. The van der Waals surface area contributed by atoms with Crippen LogP contribution in [0.15, 0.2) is 22.7 Å². The van der Waals surface area contributed by atoms with Crippen molar-refractivity contribution in [3.8, 4) is 0 Å². The summed E-state index contributed by atoms with van der Waals surface area (Å²) in [5.41, 5.74) is 2.85. The summed E-state index contributed by atoms with van der Waals surface area (Å²) in [6.07, 6.45) is 7.96. The molecule has 1 N–H and O–H groups in total. The van der Waals surface area contributed by atoms with Crippen LogP contribution in [0.1, 0.15) is 51.0 Å². The molecule has 2 aliphatic heterocycles. The van der Waals surface area contributed by atoms with Gasteiger partial charge in [-0.25, -0.2) is 0 Å². The van der Waals surface area contributed by atoms with E-state index in [2.05, 4.69) is 58.2 Å². The first-order chi connectivity index (χ1) is 10.2. The summed E-state index contributed by atoms with van der Waals surface area (Å²) in [4.78, 5) is 2.74. The van der Waals surface area contributed by atoms with Crippen molar-refractivity contribution in [3.05, 3.63) is 28.2 Å². The Labute approximate surface area is 137 Å². The highest BCUT2D eigenvalue weighted by Crippen LogP contribution is 2.40. The summed E-state index contributed by atoms with van der Waals surface area (Å²) in [6.45, 7) is 5.67. The Morgan fingerprint density at radius 1 is 1.24 bits per heavy atom. The second-order valence-electron chi connectivity index (χ2n) is 6.65. The molecule has 0 spiro atoms. The average Bonchev–Trinajstić information content (AvgIpc) is 2.47. The van der Waals surface area contributed by atoms with Crippen LogP contribution in [0.3, 0.4) is 0 Å². The molecule has 1 aromatic carbocycles. The second-order valence-corrected chi connectivity index (χ2v) is 7.51. The molecule has 0 amide bonds. The average molecular weight is 351 g/mol. The molecule has 2 heterocycles. The minimum atomic E-state index is 0.722. The molecule has 0 radical (unpaired) electrons. The van der Waals surface area contributed by atoms with Gasteiger partial charge in [-0.15, -0.1) is 0 Å². The van der Waals surface area contributed by atoms with Crippen LogP contribution < -0.4 is 10.2 Å². The van der Waals surface area contributed by atoms with Gasteiger partial charge in [0.05, 0.1) is 0 Å². The van der Waals surface area contributed by atoms with Gasteiger partial charge < -0.3 is 10.2 Å². The van der Waals surface area contributed by atoms with Crippen molar-refractivity contribution < 1.29 is 0 Å². The van der Waals surface area contributed by atoms with E-state index in [9.17, 15) is 0 Å². The number of fused-ring (bicyclic) bond motifs is 2. The second kappa shape index (κ2) is 6.70. The predicted octanol–water partition coefficient (Wildman–Crippen LogP) is 4.65. The number of nitrogens with one attached hydrogen (secondary N) is 1. The monoisotopic (exact) mass is 350 g/mol. The number of rotatable bonds is 4. The molecule has 2 aliphatic rings. The Morgan fingerprint density at radius 3 is 2.62 bits per heavy atom. The number of piperidine rings is 2. The molecule has 0 aliphatic carbocycles. The first-order valence-electron chi connectivity index (χ1n) is 8.47. The van der Waals surface area contributed by atoms with Gasteiger partial charge in [0.1, 0.15) is 0 Å². The van der Waals surface area contributed by atoms with Gasteiger partial charge in [-0.3, -0.25) is 0 Å². The zero-order chi connectivity index (χ0) is 14.8. The van der Waals surface area contributed by atoms with Gasteiger partial charge in [-0.1, -0.05) is 28.9 Å². The number of nitrogens with zero attached hydrogens (tertiary/aromatic N) is 1. The zero-order valence-electron chi connectivity index (χ0n) is 13.2. The first-order valence-corrected chi connectivity index (χ1v) is 9.26. The van der Waals surface area contributed by atoms with E-state index in [4.69, 9.17) is 0 Å². The maximum atomic E-state index is 3.76. The quantitative estimate of drug-likeness (QED) is 0.850. The molecule has 0 saturated carbocycles. The number of hydrogen-bond acceptors (Lipinski definition) is 2. The Bertz CT molecular complexity index is 474. The van der Waals surface area contributed by atoms with E-state index in [1.165, 1.54) is 60.8 Å². The smallest absolute Gasteiger partial charge is 0.0412 e. The summed E-state index contributed by atoms with van der Waals surface area (Å²) < 4.78 is 1.24. The first kappa shape index (κ1) is 15.4. The van der Waals surface area contributed by atoms with Gasteiger partial charge >= 0.3 is 0 Å². The Hall–Kier alpha value is -0.540. The molecular formula is C18H27BrN2. The SMILES string of the molecule is CCCNC1CC2CCCC(C1)N2c1cccc(Br)c1C. The third-order valence-electron chi connectivity index (χ3n) is 5.17. The van der Waals surface area contributed by atoms with E-state index in [-0.39, 0.29) is 0 Å². The molecule has 3 rings (SSSR count). The van der Waals surface area contributed by atoms with Crippen molar-refractivity contribution in [2.45, 2.75) is 70.5 Å². The number of hydrogen-bond donors (Lipinski definition) is 1. The largest absolute Gasteiger partial charge is 0.365 e. The predicted molar refractivity (Wildman–Crippen MR) is 94.1 cm³/mol. The van der Waals surface area contributed by atoms with Crippen LogP contribution in [0.5, 0.6) is 0 Å². The fourth-order valence-corrected chi connectivity index (χ4v) is 4.52. The minimum absolute atomic E-state index is 0.722. The van der Waals surface area contributed by atoms with E-state index < -0.39 is 0 Å². The Kier molecular flexibility index (Phi) is 4.90. The molecule has 116 valence electrons. The lowest BCUT2D eigenvalue weighted by molar-refractivity contribution is 0.245. The number of halogens is 1. The van der Waals surface area contributed by atoms with Gasteiger partial charge in [0.2, 0.25) is 0 Å². The molecule has 2 nitrogen and oxygen atoms in total. The third kappa shape index (κ3) is 3.14. The van der Waals surface area contributed by atoms with Crippen LogP contribution in [-0.4, -0.2) is 24.7 Å². The molecule has 21 heavy (non-hydrogen) atoms. The van der Waals surface area contributed by atoms with Crippen molar-refractivity contribution in [1.29, 1.82) is 0 Å². The molecule has 2 atom stereocenters. The van der Waals surface area contributed by atoms with E-state index in [0.717, 1.165) is 18.1 Å². The fraction of sp³-hybridized carbons (Fsp3) is 0.667. The molecule has 3 heteroatoms. The summed E-state index contributed by atoms with van der Waals surface area (Å²) in [6, 6.07) is 8.82. The zero-order valence-corrected chi connectivity index (χ0v) is 14.8. The summed E-state index contributed by atoms with van der Waals surface area (Å²) in [7, 11) is 0. The van der Waals surface area contributed by atoms with Gasteiger partial charge in [-0.05, 0) is 69.7 Å². The van der Waals surface area contributed by atoms with Crippen molar-refractivity contribution in [1.82, 2.24) is 5.32 Å². The normalized spacial score (nSPS) is 28.7. The van der Waals surface area contributed by atoms with E-state index in [1.54, 1.807) is 0 Å². The number of benzene rings is 1. The van der Waals surface area contributed by atoms with Crippen molar-refractivity contribution in [2.75, 3.05) is 11.4 Å². The molecule has 2 fully saturated rings. The maximum Gasteiger partial charge on any atom is 0.0412 e. The van der Waals surface area contributed by atoms with Crippen LogP contribution in [0.4, 0.5) is 5.69 Å². The summed E-state index contributed by atoms with van der Waals surface area (Å²) in [5.74, 6) is 0. The van der Waals surface area contributed by atoms with Gasteiger partial charge in [-0.2, -0.15) is 0 Å². The van der Waals surface area contributed by atoms with Gasteiger partial charge in [0, 0.05) is 28.3 Å². The topological polar surface area (TPSA) is 15.3 Å². The van der Waals surface area contributed by atoms with Gasteiger partial charge in [0.25, 0.3) is 0 Å². The molecule has 2 saturated heterocycles. The van der Waals surface area contributed by atoms with Crippen molar-refractivity contribution >= 4 is 21.6 Å². The lowest BCUT2D eigenvalue weighted by Gasteiger charge is -2.51.